The van der Waals surface area contributed by atoms with E-state index in [2.05, 4.69) is 27.2 Å². The molecule has 2 aliphatic rings. The summed E-state index contributed by atoms with van der Waals surface area (Å²) < 4.78 is 11.2. The number of hydrogen-bond acceptors (Lipinski definition) is 6. The molecule has 168 valence electrons. The zero-order valence-electron chi connectivity index (χ0n) is 18.2. The van der Waals surface area contributed by atoms with Crippen molar-refractivity contribution >= 4 is 22.2 Å². The minimum atomic E-state index is -0.0255. The van der Waals surface area contributed by atoms with Crippen LogP contribution in [0.4, 0.5) is 5.00 Å². The molecule has 3 aromatic rings. The third-order valence-electron chi connectivity index (χ3n) is 6.23. The predicted octanol–water partition coefficient (Wildman–Crippen LogP) is 4.41. The van der Waals surface area contributed by atoms with Gasteiger partial charge in [0.25, 0.3) is 5.91 Å². The topological polar surface area (TPSA) is 58.0 Å². The summed E-state index contributed by atoms with van der Waals surface area (Å²) in [4.78, 5) is 18.7. The molecule has 5 rings (SSSR count). The number of carbonyl (C=O) groups is 1. The van der Waals surface area contributed by atoms with E-state index in [0.717, 1.165) is 52.9 Å². The van der Waals surface area contributed by atoms with E-state index in [0.29, 0.717) is 19.8 Å². The average molecular weight is 452 g/mol. The van der Waals surface area contributed by atoms with Crippen LogP contribution in [0.25, 0.3) is 11.1 Å². The van der Waals surface area contributed by atoms with Crippen LogP contribution in [0.15, 0.2) is 59.2 Å². The van der Waals surface area contributed by atoms with Crippen LogP contribution in [0.1, 0.15) is 34.3 Å². The van der Waals surface area contributed by atoms with Crippen molar-refractivity contribution in [3.63, 3.8) is 0 Å². The lowest BCUT2D eigenvalue weighted by atomic mass is 10.1. The summed E-state index contributed by atoms with van der Waals surface area (Å²) in [5.74, 6) is 0.889. The number of hydrogen-bond donors (Lipinski definition) is 1. The zero-order chi connectivity index (χ0) is 21.8. The van der Waals surface area contributed by atoms with Gasteiger partial charge in [0.15, 0.2) is 0 Å². The Labute approximate surface area is 192 Å². The Morgan fingerprint density at radius 2 is 1.81 bits per heavy atom. The monoisotopic (exact) mass is 451 g/mol. The van der Waals surface area contributed by atoms with Crippen molar-refractivity contribution in [3.8, 4) is 11.1 Å². The van der Waals surface area contributed by atoms with Crippen LogP contribution in [0.5, 0.6) is 0 Å². The summed E-state index contributed by atoms with van der Waals surface area (Å²) in [6.07, 6.45) is 4.10. The van der Waals surface area contributed by atoms with Crippen molar-refractivity contribution in [2.45, 2.75) is 18.9 Å². The predicted molar refractivity (Wildman–Crippen MR) is 127 cm³/mol. The lowest BCUT2D eigenvalue weighted by molar-refractivity contribution is 0.0938. The first-order valence-corrected chi connectivity index (χ1v) is 12.2. The second-order valence-electron chi connectivity index (χ2n) is 8.28. The van der Waals surface area contributed by atoms with Crippen LogP contribution < -0.4 is 10.2 Å². The van der Waals surface area contributed by atoms with Gasteiger partial charge < -0.3 is 19.4 Å². The summed E-state index contributed by atoms with van der Waals surface area (Å²) in [5.41, 5.74) is 2.25. The first kappa shape index (κ1) is 21.2. The lowest BCUT2D eigenvalue weighted by Gasteiger charge is -2.28. The second-order valence-corrected chi connectivity index (χ2v) is 9.31. The van der Waals surface area contributed by atoms with Gasteiger partial charge in [-0.05, 0) is 49.7 Å². The van der Waals surface area contributed by atoms with Crippen LogP contribution in [-0.4, -0.2) is 56.7 Å². The van der Waals surface area contributed by atoms with Crippen molar-refractivity contribution < 1.29 is 13.9 Å². The van der Waals surface area contributed by atoms with Gasteiger partial charge in [0, 0.05) is 25.2 Å². The van der Waals surface area contributed by atoms with Gasteiger partial charge in [0.1, 0.15) is 5.76 Å². The van der Waals surface area contributed by atoms with Crippen molar-refractivity contribution in [3.05, 3.63) is 65.4 Å². The Kier molecular flexibility index (Phi) is 6.57. The highest BCUT2D eigenvalue weighted by atomic mass is 32.1. The number of nitrogens with one attached hydrogen (secondary N) is 1. The largest absolute Gasteiger partial charge is 0.468 e. The van der Waals surface area contributed by atoms with Crippen molar-refractivity contribution in [1.29, 1.82) is 0 Å². The van der Waals surface area contributed by atoms with Crippen LogP contribution in [0, 0.1) is 0 Å². The smallest absolute Gasteiger partial charge is 0.261 e. The van der Waals surface area contributed by atoms with E-state index in [1.807, 2.05) is 36.4 Å². The molecule has 2 aliphatic heterocycles. The minimum absolute atomic E-state index is 0.0255. The number of likely N-dealkylation sites (tertiary alicyclic amines) is 1. The number of morpholine rings is 1. The molecule has 6 nitrogen and oxygen atoms in total. The van der Waals surface area contributed by atoms with Gasteiger partial charge in [0.2, 0.25) is 0 Å². The van der Waals surface area contributed by atoms with E-state index in [1.165, 1.54) is 12.8 Å². The molecule has 4 heterocycles. The Morgan fingerprint density at radius 1 is 1.03 bits per heavy atom. The molecule has 1 atom stereocenters. The molecule has 0 unspecified atom stereocenters. The number of nitrogens with zero attached hydrogens (tertiary/aromatic N) is 2. The molecule has 2 saturated heterocycles. The summed E-state index contributed by atoms with van der Waals surface area (Å²) in [5, 5.41) is 4.33. The van der Waals surface area contributed by atoms with Gasteiger partial charge in [-0.25, -0.2) is 0 Å². The molecule has 32 heavy (non-hydrogen) atoms. The molecular formula is C25H29N3O3S. The van der Waals surface area contributed by atoms with Crippen molar-refractivity contribution in [2.24, 2.45) is 0 Å². The fourth-order valence-corrected chi connectivity index (χ4v) is 5.69. The van der Waals surface area contributed by atoms with E-state index in [1.54, 1.807) is 17.6 Å². The van der Waals surface area contributed by atoms with Crippen LogP contribution in [0.2, 0.25) is 0 Å². The molecule has 0 radical (unpaired) electrons. The fraction of sp³-hybridized carbons (Fsp3) is 0.400. The highest BCUT2D eigenvalue weighted by molar-refractivity contribution is 7.18. The molecule has 1 N–H and O–H groups in total. The maximum absolute atomic E-state index is 13.2. The van der Waals surface area contributed by atoms with Gasteiger partial charge in [-0.15, -0.1) is 11.3 Å². The van der Waals surface area contributed by atoms with E-state index in [-0.39, 0.29) is 11.9 Å². The second kappa shape index (κ2) is 9.90. The number of amides is 1. The summed E-state index contributed by atoms with van der Waals surface area (Å²) >= 11 is 1.57. The molecule has 2 fully saturated rings. The third kappa shape index (κ3) is 4.60. The molecule has 2 aromatic heterocycles. The standard InChI is InChI=1S/C25H29N3O3S/c29-24(26-18-21(22-9-6-14-31-22)27-10-4-5-11-27)23-17-20(19-7-2-1-3-8-19)25(32-23)28-12-15-30-16-13-28/h1-3,6-9,14,17,21H,4-5,10-13,15-16,18H2,(H,26,29)/t21-/m1/s1. The molecule has 0 saturated carbocycles. The number of furan rings is 1. The van der Waals surface area contributed by atoms with E-state index >= 15 is 0 Å². The third-order valence-corrected chi connectivity index (χ3v) is 7.42. The van der Waals surface area contributed by atoms with Crippen LogP contribution in [0.3, 0.4) is 0 Å². The number of carbonyl (C=O) groups excluding carboxylic acids is 1. The Hall–Kier alpha value is -2.61. The number of thiophene rings is 1. The van der Waals surface area contributed by atoms with Crippen LogP contribution in [-0.2, 0) is 4.74 Å². The van der Waals surface area contributed by atoms with Crippen molar-refractivity contribution in [1.82, 2.24) is 10.2 Å². The van der Waals surface area contributed by atoms with E-state index in [4.69, 9.17) is 9.15 Å². The van der Waals surface area contributed by atoms with Gasteiger partial charge in [-0.1, -0.05) is 30.3 Å². The minimum Gasteiger partial charge on any atom is -0.468 e. The maximum Gasteiger partial charge on any atom is 0.261 e. The quantitative estimate of drug-likeness (QED) is 0.577. The van der Waals surface area contributed by atoms with Crippen molar-refractivity contribution in [2.75, 3.05) is 50.8 Å². The molecule has 1 amide bonds. The SMILES string of the molecule is O=C(NC[C@H](c1ccco1)N1CCCC1)c1cc(-c2ccccc2)c(N2CCOCC2)s1. The summed E-state index contributed by atoms with van der Waals surface area (Å²) in [7, 11) is 0. The Balaban J connectivity index is 1.36. The van der Waals surface area contributed by atoms with Gasteiger partial charge >= 0.3 is 0 Å². The first-order valence-electron chi connectivity index (χ1n) is 11.4. The first-order chi connectivity index (χ1) is 15.8. The Bertz CT molecular complexity index is 1010. The highest BCUT2D eigenvalue weighted by Gasteiger charge is 2.27. The summed E-state index contributed by atoms with van der Waals surface area (Å²) in [6.45, 7) is 5.74. The normalized spacial score (nSPS) is 18.1. The molecule has 0 aliphatic carbocycles. The number of anilines is 1. The van der Waals surface area contributed by atoms with E-state index < -0.39 is 0 Å². The molecule has 7 heteroatoms. The van der Waals surface area contributed by atoms with E-state index in [9.17, 15) is 4.79 Å². The molecule has 0 spiro atoms. The average Bonchev–Trinajstić information content (AvgIpc) is 3.63. The van der Waals surface area contributed by atoms with Gasteiger partial charge in [-0.2, -0.15) is 0 Å². The summed E-state index contributed by atoms with van der Waals surface area (Å²) in [6, 6.07) is 16.3. The van der Waals surface area contributed by atoms with Crippen LogP contribution >= 0.6 is 11.3 Å². The number of benzene rings is 1. The maximum atomic E-state index is 13.2. The Morgan fingerprint density at radius 3 is 2.53 bits per heavy atom. The van der Waals surface area contributed by atoms with Gasteiger partial charge in [0.05, 0.1) is 35.4 Å². The number of ether oxygens (including phenoxy) is 1. The zero-order valence-corrected chi connectivity index (χ0v) is 19.0. The molecule has 0 bridgehead atoms. The highest BCUT2D eigenvalue weighted by Crippen LogP contribution is 2.39. The number of rotatable bonds is 7. The van der Waals surface area contributed by atoms with Gasteiger partial charge in [-0.3, -0.25) is 9.69 Å². The molecular weight excluding hydrogens is 422 g/mol. The fourth-order valence-electron chi connectivity index (χ4n) is 4.54. The molecule has 1 aromatic carbocycles. The lowest BCUT2D eigenvalue weighted by Crippen LogP contribution is -2.36.